The maximum absolute atomic E-state index is 12.2. The third-order valence-corrected chi connectivity index (χ3v) is 6.27. The Balaban J connectivity index is 1.72. The summed E-state index contributed by atoms with van der Waals surface area (Å²) in [7, 11) is -0.681. The molecule has 29 heavy (non-hydrogen) atoms. The van der Waals surface area contributed by atoms with Crippen molar-refractivity contribution in [2.75, 3.05) is 24.6 Å². The molecule has 0 bridgehead atoms. The van der Waals surface area contributed by atoms with Crippen molar-refractivity contribution in [3.05, 3.63) is 71.8 Å². The van der Waals surface area contributed by atoms with E-state index in [2.05, 4.69) is 10.4 Å². The van der Waals surface area contributed by atoms with E-state index in [-0.39, 0.29) is 0 Å². The molecule has 1 heterocycles. The summed E-state index contributed by atoms with van der Waals surface area (Å²) in [5, 5.41) is 8.87. The number of anilines is 3. The van der Waals surface area contributed by atoms with Gasteiger partial charge in [-0.25, -0.2) is 9.55 Å². The molecule has 2 N–H and O–H groups in total. The molecule has 6 nitrogen and oxygen atoms in total. The van der Waals surface area contributed by atoms with Crippen LogP contribution in [0, 0.1) is 0 Å². The fourth-order valence-corrected chi connectivity index (χ4v) is 4.06. The van der Waals surface area contributed by atoms with Gasteiger partial charge >= 0.3 is 7.75 Å². The molecule has 148 valence electrons. The van der Waals surface area contributed by atoms with Gasteiger partial charge in [-0.3, -0.25) is 14.1 Å². The zero-order valence-electron chi connectivity index (χ0n) is 15.8. The minimum absolute atomic E-state index is 0.624. The monoisotopic (exact) mass is 427 g/mol. The summed E-state index contributed by atoms with van der Waals surface area (Å²) in [6.45, 7) is 0. The average Bonchev–Trinajstić information content (AvgIpc) is 2.74. The second kappa shape index (κ2) is 8.01. The van der Waals surface area contributed by atoms with Gasteiger partial charge in [0.05, 0.1) is 16.7 Å². The highest BCUT2D eigenvalue weighted by Gasteiger charge is 2.20. The lowest BCUT2D eigenvalue weighted by Gasteiger charge is -2.17. The van der Waals surface area contributed by atoms with E-state index in [4.69, 9.17) is 25.6 Å². The van der Waals surface area contributed by atoms with E-state index in [0.29, 0.717) is 10.7 Å². The van der Waals surface area contributed by atoms with E-state index in [0.717, 1.165) is 33.2 Å². The number of aromatic nitrogens is 1. The Bertz CT molecular complexity index is 1220. The molecule has 4 aromatic rings. The molecule has 1 aromatic heterocycles. The molecule has 0 unspecified atom stereocenters. The molecule has 0 atom stereocenters. The van der Waals surface area contributed by atoms with Crippen LogP contribution in [0.1, 0.15) is 0 Å². The van der Waals surface area contributed by atoms with Crippen LogP contribution in [0.2, 0.25) is 5.02 Å². The zero-order chi connectivity index (χ0) is 20.4. The van der Waals surface area contributed by atoms with Gasteiger partial charge in [0.1, 0.15) is 0 Å². The molecule has 4 rings (SSSR count). The van der Waals surface area contributed by atoms with E-state index in [1.165, 1.54) is 14.2 Å². The summed E-state index contributed by atoms with van der Waals surface area (Å²) in [4.78, 5) is 4.72. The molecule has 0 spiro atoms. The normalized spacial score (nSPS) is 11.7. The Hall–Kier alpha value is -2.63. The Morgan fingerprint density at radius 3 is 2.24 bits per heavy atom. The minimum Gasteiger partial charge on any atom is -0.354 e. The lowest BCUT2D eigenvalue weighted by molar-refractivity contribution is 0.281. The second-order valence-electron chi connectivity index (χ2n) is 6.34. The summed E-state index contributed by atoms with van der Waals surface area (Å²) >= 11 is 6.17. The van der Waals surface area contributed by atoms with E-state index < -0.39 is 7.75 Å². The van der Waals surface area contributed by atoms with Crippen LogP contribution in [0.25, 0.3) is 21.8 Å². The highest BCUT2D eigenvalue weighted by atomic mass is 35.5. The number of rotatable bonds is 6. The van der Waals surface area contributed by atoms with Crippen LogP contribution in [0.4, 0.5) is 17.1 Å². The molecule has 0 amide bonds. The van der Waals surface area contributed by atoms with Crippen LogP contribution in [-0.4, -0.2) is 19.2 Å². The van der Waals surface area contributed by atoms with Gasteiger partial charge in [0.2, 0.25) is 0 Å². The van der Waals surface area contributed by atoms with Crippen molar-refractivity contribution in [1.29, 1.82) is 0 Å². The largest absolute Gasteiger partial charge is 0.432 e. The fraction of sp³-hybridized carbons (Fsp3) is 0.0952. The van der Waals surface area contributed by atoms with Gasteiger partial charge in [0.25, 0.3) is 0 Å². The number of halogens is 1. The smallest absolute Gasteiger partial charge is 0.354 e. The van der Waals surface area contributed by atoms with Crippen molar-refractivity contribution in [3.63, 3.8) is 0 Å². The molecule has 0 saturated heterocycles. The van der Waals surface area contributed by atoms with Crippen molar-refractivity contribution in [1.82, 2.24) is 4.98 Å². The van der Waals surface area contributed by atoms with E-state index in [1.807, 2.05) is 54.6 Å². The quantitative estimate of drug-likeness (QED) is 0.267. The van der Waals surface area contributed by atoms with Crippen LogP contribution in [0.3, 0.4) is 0 Å². The van der Waals surface area contributed by atoms with Crippen LogP contribution >= 0.6 is 19.3 Å². The molecule has 0 aliphatic rings. The summed E-state index contributed by atoms with van der Waals surface area (Å²) < 4.78 is 22.1. The molecule has 0 radical (unpaired) electrons. The molecule has 8 heteroatoms. The van der Waals surface area contributed by atoms with Crippen molar-refractivity contribution in [3.8, 4) is 0 Å². The third kappa shape index (κ3) is 4.07. The van der Waals surface area contributed by atoms with Crippen LogP contribution in [-0.2, 0) is 13.6 Å². The van der Waals surface area contributed by atoms with Gasteiger partial charge in [-0.05, 0) is 48.5 Å². The number of para-hydroxylation sites is 1. The number of pyridine rings is 1. The van der Waals surface area contributed by atoms with Gasteiger partial charge in [-0.15, -0.1) is 0 Å². The number of nitrogens with zero attached hydrogens (tertiary/aromatic N) is 1. The van der Waals surface area contributed by atoms with Gasteiger partial charge in [0, 0.05) is 41.4 Å². The molecule has 0 saturated carbocycles. The summed E-state index contributed by atoms with van der Waals surface area (Å²) in [5.41, 5.74) is 4.14. The van der Waals surface area contributed by atoms with Crippen LogP contribution < -0.4 is 10.4 Å². The number of fused-ring (bicyclic) bond motifs is 2. The Kier molecular flexibility index (Phi) is 5.43. The van der Waals surface area contributed by atoms with Gasteiger partial charge < -0.3 is 5.32 Å². The second-order valence-corrected chi connectivity index (χ2v) is 8.73. The van der Waals surface area contributed by atoms with Crippen molar-refractivity contribution in [2.24, 2.45) is 0 Å². The summed E-state index contributed by atoms with van der Waals surface area (Å²) in [5.74, 6) is 0. The average molecular weight is 428 g/mol. The SMILES string of the molecule is COP(=O)(Nc1ccc(Nc2c3ccccc3nc3cc(Cl)ccc23)cc1)OC. The van der Waals surface area contributed by atoms with Crippen molar-refractivity contribution < 1.29 is 13.6 Å². The van der Waals surface area contributed by atoms with Crippen molar-refractivity contribution >= 4 is 58.2 Å². The Morgan fingerprint density at radius 1 is 0.862 bits per heavy atom. The maximum Gasteiger partial charge on any atom is 0.432 e. The molecule has 0 aliphatic carbocycles. The fourth-order valence-electron chi connectivity index (χ4n) is 3.10. The number of nitrogens with one attached hydrogen (secondary N) is 2. The first-order valence-corrected chi connectivity index (χ1v) is 10.8. The lowest BCUT2D eigenvalue weighted by atomic mass is 10.1. The highest BCUT2D eigenvalue weighted by Crippen LogP contribution is 2.46. The Morgan fingerprint density at radius 2 is 1.52 bits per heavy atom. The summed E-state index contributed by atoms with van der Waals surface area (Å²) in [6, 6.07) is 21.0. The first-order valence-electron chi connectivity index (χ1n) is 8.86. The highest BCUT2D eigenvalue weighted by molar-refractivity contribution is 7.55. The van der Waals surface area contributed by atoms with Crippen LogP contribution in [0.5, 0.6) is 0 Å². The number of benzene rings is 3. The predicted octanol–water partition coefficient (Wildman–Crippen LogP) is 6.60. The first kappa shape index (κ1) is 19.7. The lowest BCUT2D eigenvalue weighted by Crippen LogP contribution is -2.01. The van der Waals surface area contributed by atoms with Gasteiger partial charge in [-0.2, -0.15) is 0 Å². The van der Waals surface area contributed by atoms with E-state index >= 15 is 0 Å². The number of hydrogen-bond donors (Lipinski definition) is 2. The topological polar surface area (TPSA) is 72.5 Å². The Labute approximate surface area is 173 Å². The minimum atomic E-state index is -3.35. The van der Waals surface area contributed by atoms with Gasteiger partial charge in [0.15, 0.2) is 0 Å². The van der Waals surface area contributed by atoms with Crippen molar-refractivity contribution in [2.45, 2.75) is 0 Å². The standard InChI is InChI=1S/C21H19ClN3O3P/c1-27-29(26,28-2)25-16-10-8-15(9-11-16)23-21-17-5-3-4-6-19(17)24-20-13-14(22)7-12-18(20)21/h3-13H,1-2H3,(H,23,24)(H,25,26). The summed E-state index contributed by atoms with van der Waals surface area (Å²) in [6.07, 6.45) is 0. The van der Waals surface area contributed by atoms with Gasteiger partial charge in [-0.1, -0.05) is 29.8 Å². The van der Waals surface area contributed by atoms with Crippen LogP contribution in [0.15, 0.2) is 66.7 Å². The maximum atomic E-state index is 12.2. The van der Waals surface area contributed by atoms with E-state index in [1.54, 1.807) is 12.1 Å². The molecule has 0 aliphatic heterocycles. The zero-order valence-corrected chi connectivity index (χ0v) is 17.5. The molecule has 0 fully saturated rings. The molecular formula is C21H19ClN3O3P. The number of hydrogen-bond acceptors (Lipinski definition) is 5. The predicted molar refractivity (Wildman–Crippen MR) is 119 cm³/mol. The molecular weight excluding hydrogens is 409 g/mol. The first-order chi connectivity index (χ1) is 14.0. The molecule has 3 aromatic carbocycles. The van der Waals surface area contributed by atoms with E-state index in [9.17, 15) is 4.57 Å². The third-order valence-electron chi connectivity index (χ3n) is 4.54.